The molecule has 0 fully saturated rings. The van der Waals surface area contributed by atoms with Crippen molar-refractivity contribution in [3.8, 4) is 0 Å². The van der Waals surface area contributed by atoms with Gasteiger partial charge in [0.15, 0.2) is 0 Å². The molecule has 0 aliphatic carbocycles. The van der Waals surface area contributed by atoms with Crippen LogP contribution in [0.5, 0.6) is 0 Å². The number of hydrogen-bond acceptors (Lipinski definition) is 1. The number of hydrogen-bond donors (Lipinski definition) is 1. The Kier molecular flexibility index (Phi) is 5.19. The first kappa shape index (κ1) is 15.8. The van der Waals surface area contributed by atoms with Crippen molar-refractivity contribution in [1.29, 1.82) is 0 Å². The summed E-state index contributed by atoms with van der Waals surface area (Å²) in [6.07, 6.45) is 2.40. The summed E-state index contributed by atoms with van der Waals surface area (Å²) in [5.41, 5.74) is 3.33. The third-order valence-corrected chi connectivity index (χ3v) is 4.84. The number of aliphatic hydroxyl groups is 1. The zero-order valence-corrected chi connectivity index (χ0v) is 13.3. The van der Waals surface area contributed by atoms with Gasteiger partial charge in [-0.15, -0.1) is 0 Å². The topological polar surface area (TPSA) is 20.2 Å². The van der Waals surface area contributed by atoms with Crippen LogP contribution in [-0.2, 0) is 11.8 Å². The molecule has 1 unspecified atom stereocenters. The van der Waals surface area contributed by atoms with Crippen LogP contribution >= 0.6 is 0 Å². The highest BCUT2D eigenvalue weighted by atomic mass is 16.3. The fourth-order valence-corrected chi connectivity index (χ4v) is 3.23. The second-order valence-corrected chi connectivity index (χ2v) is 5.73. The van der Waals surface area contributed by atoms with Gasteiger partial charge in [-0.1, -0.05) is 75.4 Å². The van der Waals surface area contributed by atoms with E-state index >= 15 is 0 Å². The Morgan fingerprint density at radius 3 is 1.90 bits per heavy atom. The number of rotatable bonds is 6. The molecule has 0 spiro atoms. The maximum absolute atomic E-state index is 11.0. The highest BCUT2D eigenvalue weighted by Gasteiger charge is 2.37. The molecule has 2 rings (SSSR count). The molecule has 0 heterocycles. The second kappa shape index (κ2) is 6.91. The predicted molar refractivity (Wildman–Crippen MR) is 89.5 cm³/mol. The molecule has 0 saturated carbocycles. The highest BCUT2D eigenvalue weighted by molar-refractivity contribution is 5.33. The van der Waals surface area contributed by atoms with Gasteiger partial charge in [-0.05, 0) is 36.0 Å². The predicted octanol–water partition coefficient (Wildman–Crippen LogP) is 5.04. The molecular formula is C20H26O. The van der Waals surface area contributed by atoms with Crippen molar-refractivity contribution in [3.05, 3.63) is 71.3 Å². The smallest absolute Gasteiger partial charge is 0.0886 e. The molecule has 0 amide bonds. The van der Waals surface area contributed by atoms with Crippen LogP contribution in [0.15, 0.2) is 54.6 Å². The van der Waals surface area contributed by atoms with Crippen LogP contribution in [0.1, 0.15) is 56.4 Å². The van der Waals surface area contributed by atoms with Crippen LogP contribution in [0.3, 0.4) is 0 Å². The minimum Gasteiger partial charge on any atom is -0.387 e. The summed E-state index contributed by atoms with van der Waals surface area (Å²) in [5.74, 6) is 0. The number of benzene rings is 2. The van der Waals surface area contributed by atoms with E-state index in [2.05, 4.69) is 69.3 Å². The van der Waals surface area contributed by atoms with Crippen LogP contribution in [0.25, 0.3) is 0 Å². The van der Waals surface area contributed by atoms with Gasteiger partial charge in [-0.3, -0.25) is 0 Å². The van der Waals surface area contributed by atoms with E-state index in [1.807, 2.05) is 6.07 Å². The van der Waals surface area contributed by atoms with Crippen molar-refractivity contribution in [3.63, 3.8) is 0 Å². The van der Waals surface area contributed by atoms with E-state index in [9.17, 15) is 5.11 Å². The van der Waals surface area contributed by atoms with Crippen molar-refractivity contribution >= 4 is 0 Å². The molecule has 21 heavy (non-hydrogen) atoms. The molecule has 0 aromatic heterocycles. The first-order valence-electron chi connectivity index (χ1n) is 8.00. The maximum atomic E-state index is 11.0. The van der Waals surface area contributed by atoms with E-state index in [4.69, 9.17) is 0 Å². The molecule has 1 heteroatoms. The first-order valence-corrected chi connectivity index (χ1v) is 8.00. The fraction of sp³-hybridized carbons (Fsp3) is 0.400. The normalized spacial score (nSPS) is 13.1. The second-order valence-electron chi connectivity index (χ2n) is 5.73. The highest BCUT2D eigenvalue weighted by Crippen LogP contribution is 2.43. The van der Waals surface area contributed by atoms with Crippen LogP contribution in [0.2, 0.25) is 0 Å². The molecule has 1 nitrogen and oxygen atoms in total. The molecule has 112 valence electrons. The van der Waals surface area contributed by atoms with Crippen LogP contribution in [0, 0.1) is 0 Å². The van der Waals surface area contributed by atoms with Gasteiger partial charge in [0.1, 0.15) is 0 Å². The van der Waals surface area contributed by atoms with E-state index in [-0.39, 0.29) is 5.41 Å². The SMILES string of the molecule is CCc1ccc(C(O)C(CC)(CC)c2ccccc2)cc1. The molecule has 0 radical (unpaired) electrons. The molecule has 2 aromatic rings. The Labute approximate surface area is 128 Å². The average Bonchev–Trinajstić information content (AvgIpc) is 2.57. The fourth-order valence-electron chi connectivity index (χ4n) is 3.23. The summed E-state index contributed by atoms with van der Waals surface area (Å²) in [6, 6.07) is 18.8. The molecule has 0 bridgehead atoms. The summed E-state index contributed by atoms with van der Waals surface area (Å²) in [7, 11) is 0. The molecule has 0 aliphatic rings. The quantitative estimate of drug-likeness (QED) is 0.787. The summed E-state index contributed by atoms with van der Waals surface area (Å²) < 4.78 is 0. The summed E-state index contributed by atoms with van der Waals surface area (Å²) in [5, 5.41) is 11.0. The van der Waals surface area contributed by atoms with E-state index < -0.39 is 6.10 Å². The Morgan fingerprint density at radius 2 is 1.43 bits per heavy atom. The Hall–Kier alpha value is -1.60. The lowest BCUT2D eigenvalue weighted by Crippen LogP contribution is -2.32. The lowest BCUT2D eigenvalue weighted by atomic mass is 9.69. The van der Waals surface area contributed by atoms with Gasteiger partial charge in [-0.2, -0.15) is 0 Å². The van der Waals surface area contributed by atoms with Crippen molar-refractivity contribution in [2.75, 3.05) is 0 Å². The maximum Gasteiger partial charge on any atom is 0.0886 e. The van der Waals surface area contributed by atoms with Gasteiger partial charge in [0.2, 0.25) is 0 Å². The summed E-state index contributed by atoms with van der Waals surface area (Å²) in [4.78, 5) is 0. The average molecular weight is 282 g/mol. The summed E-state index contributed by atoms with van der Waals surface area (Å²) >= 11 is 0. The van der Waals surface area contributed by atoms with Gasteiger partial charge >= 0.3 is 0 Å². The minimum atomic E-state index is -0.471. The van der Waals surface area contributed by atoms with Crippen LogP contribution in [-0.4, -0.2) is 5.11 Å². The third-order valence-electron chi connectivity index (χ3n) is 4.84. The summed E-state index contributed by atoms with van der Waals surface area (Å²) in [6.45, 7) is 6.48. The Bertz CT molecular complexity index is 538. The largest absolute Gasteiger partial charge is 0.387 e. The number of aliphatic hydroxyl groups excluding tert-OH is 1. The lowest BCUT2D eigenvalue weighted by Gasteiger charge is -2.37. The van der Waals surface area contributed by atoms with E-state index in [0.717, 1.165) is 24.8 Å². The zero-order chi connectivity index (χ0) is 15.3. The molecule has 1 atom stereocenters. The van der Waals surface area contributed by atoms with Gasteiger partial charge in [0, 0.05) is 5.41 Å². The monoisotopic (exact) mass is 282 g/mol. The standard InChI is InChI=1S/C20H26O/c1-4-16-12-14-17(15-13-16)19(21)20(5-2,6-3)18-10-8-7-9-11-18/h7-15,19,21H,4-6H2,1-3H3. The van der Waals surface area contributed by atoms with E-state index in [1.54, 1.807) is 0 Å². The third kappa shape index (κ3) is 3.03. The van der Waals surface area contributed by atoms with Gasteiger partial charge in [0.05, 0.1) is 6.10 Å². The molecule has 0 saturated heterocycles. The molecular weight excluding hydrogens is 256 g/mol. The van der Waals surface area contributed by atoms with Gasteiger partial charge in [0.25, 0.3) is 0 Å². The van der Waals surface area contributed by atoms with E-state index in [1.165, 1.54) is 11.1 Å². The molecule has 1 N–H and O–H groups in total. The van der Waals surface area contributed by atoms with Crippen LogP contribution in [0.4, 0.5) is 0 Å². The molecule has 2 aromatic carbocycles. The van der Waals surface area contributed by atoms with Crippen molar-refractivity contribution in [1.82, 2.24) is 0 Å². The lowest BCUT2D eigenvalue weighted by molar-refractivity contribution is 0.0727. The van der Waals surface area contributed by atoms with Crippen molar-refractivity contribution < 1.29 is 5.11 Å². The number of aryl methyl sites for hydroxylation is 1. The van der Waals surface area contributed by atoms with Gasteiger partial charge < -0.3 is 5.11 Å². The van der Waals surface area contributed by atoms with Crippen LogP contribution < -0.4 is 0 Å². The van der Waals surface area contributed by atoms with Crippen molar-refractivity contribution in [2.24, 2.45) is 0 Å². The van der Waals surface area contributed by atoms with Crippen molar-refractivity contribution in [2.45, 2.75) is 51.6 Å². The Balaban J connectivity index is 2.41. The van der Waals surface area contributed by atoms with E-state index in [0.29, 0.717) is 0 Å². The first-order chi connectivity index (χ1) is 10.2. The molecule has 0 aliphatic heterocycles. The minimum absolute atomic E-state index is 0.213. The Morgan fingerprint density at radius 1 is 0.857 bits per heavy atom. The zero-order valence-electron chi connectivity index (χ0n) is 13.3. The van der Waals surface area contributed by atoms with Gasteiger partial charge in [-0.25, -0.2) is 0 Å².